The topological polar surface area (TPSA) is 75.2 Å². The van der Waals surface area contributed by atoms with E-state index in [9.17, 15) is 13.5 Å². The summed E-state index contributed by atoms with van der Waals surface area (Å²) in [6.45, 7) is 0.444. The number of aryl methyl sites for hydroxylation is 1. The number of hydrogen-bond acceptors (Lipinski definition) is 3. The lowest BCUT2D eigenvalue weighted by Crippen LogP contribution is -2.24. The molecular weight excluding hydrogens is 278 g/mol. The number of rotatable bonds is 5. The molecule has 1 heterocycles. The summed E-state index contributed by atoms with van der Waals surface area (Å²) in [5, 5.41) is 10.1. The fourth-order valence-electron chi connectivity index (χ4n) is 1.90. The summed E-state index contributed by atoms with van der Waals surface area (Å²) < 4.78 is 28.4. The summed E-state index contributed by atoms with van der Waals surface area (Å²) in [7, 11) is -1.36. The van der Waals surface area contributed by atoms with E-state index in [0.717, 1.165) is 11.8 Å². The maximum absolute atomic E-state index is 11.1. The minimum atomic E-state index is -3.28. The van der Waals surface area contributed by atoms with E-state index >= 15 is 0 Å². The highest BCUT2D eigenvalue weighted by atomic mass is 32.2. The number of aliphatic hydroxyl groups is 1. The van der Waals surface area contributed by atoms with E-state index in [2.05, 4.69) is 4.72 Å². The van der Waals surface area contributed by atoms with Crippen molar-refractivity contribution in [3.8, 4) is 0 Å². The molecule has 108 valence electrons. The first-order valence-electron chi connectivity index (χ1n) is 6.10. The Morgan fingerprint density at radius 1 is 1.35 bits per heavy atom. The van der Waals surface area contributed by atoms with Crippen LogP contribution in [0.5, 0.6) is 0 Å². The number of imidazole rings is 1. The Kier molecular flexibility index (Phi) is 4.10. The number of sulfonamides is 1. The smallest absolute Gasteiger partial charge is 0.243 e. The molecule has 0 aliphatic carbocycles. The quantitative estimate of drug-likeness (QED) is 0.785. The van der Waals surface area contributed by atoms with E-state index in [1.54, 1.807) is 24.3 Å². The number of aromatic nitrogens is 2. The highest BCUT2D eigenvalue weighted by molar-refractivity contribution is 7.92. The van der Waals surface area contributed by atoms with Crippen molar-refractivity contribution in [2.45, 2.75) is 12.6 Å². The molecule has 1 atom stereocenters. The van der Waals surface area contributed by atoms with Gasteiger partial charge in [-0.1, -0.05) is 12.1 Å². The Labute approximate surface area is 118 Å². The molecule has 7 heteroatoms. The highest BCUT2D eigenvalue weighted by Crippen LogP contribution is 2.18. The predicted octanol–water partition coefficient (Wildman–Crippen LogP) is 0.418. The van der Waals surface area contributed by atoms with Crippen LogP contribution in [0, 0.1) is 0 Å². The molecule has 0 saturated heterocycles. The van der Waals surface area contributed by atoms with Crippen LogP contribution in [-0.2, 0) is 23.6 Å². The minimum Gasteiger partial charge on any atom is -0.384 e. The molecule has 2 rings (SSSR count). The molecule has 1 aromatic heterocycles. The summed E-state index contributed by atoms with van der Waals surface area (Å²) in [6.07, 6.45) is 6.11. The third-order valence-electron chi connectivity index (χ3n) is 2.81. The predicted molar refractivity (Wildman–Crippen MR) is 75.5 cm³/mol. The molecule has 0 saturated carbocycles. The van der Waals surface area contributed by atoms with Crippen molar-refractivity contribution >= 4 is 15.7 Å². The van der Waals surface area contributed by atoms with Crippen molar-refractivity contribution in [2.75, 3.05) is 11.0 Å². The summed E-state index contributed by atoms with van der Waals surface area (Å²) in [5.74, 6) is 0. The second-order valence-electron chi connectivity index (χ2n) is 4.79. The van der Waals surface area contributed by atoms with Crippen molar-refractivity contribution in [3.05, 3.63) is 48.5 Å². The number of anilines is 1. The van der Waals surface area contributed by atoms with E-state index in [1.807, 2.05) is 34.9 Å². The van der Waals surface area contributed by atoms with Gasteiger partial charge in [0.1, 0.15) is 25.0 Å². The van der Waals surface area contributed by atoms with E-state index in [1.165, 1.54) is 0 Å². The van der Waals surface area contributed by atoms with Gasteiger partial charge in [-0.3, -0.25) is 4.72 Å². The lowest BCUT2D eigenvalue weighted by molar-refractivity contribution is -0.671. The van der Waals surface area contributed by atoms with Crippen LogP contribution in [0.1, 0.15) is 11.7 Å². The molecule has 0 amide bonds. The van der Waals surface area contributed by atoms with Gasteiger partial charge in [-0.05, 0) is 17.7 Å². The Morgan fingerprint density at radius 3 is 2.50 bits per heavy atom. The first-order valence-corrected chi connectivity index (χ1v) is 7.99. The van der Waals surface area contributed by atoms with Crippen molar-refractivity contribution in [2.24, 2.45) is 7.05 Å². The van der Waals surface area contributed by atoms with Gasteiger partial charge in [-0.25, -0.2) is 17.6 Å². The van der Waals surface area contributed by atoms with Gasteiger partial charge >= 0.3 is 0 Å². The van der Waals surface area contributed by atoms with Crippen LogP contribution in [0.4, 0.5) is 5.69 Å². The van der Waals surface area contributed by atoms with Gasteiger partial charge < -0.3 is 5.11 Å². The molecule has 0 aliphatic rings. The molecular formula is C13H18N3O3S+. The van der Waals surface area contributed by atoms with Crippen LogP contribution in [0.25, 0.3) is 0 Å². The fourth-order valence-corrected chi connectivity index (χ4v) is 2.47. The normalized spacial score (nSPS) is 13.2. The number of hydrogen-bond donors (Lipinski definition) is 2. The molecule has 0 unspecified atom stereocenters. The Hall–Kier alpha value is -1.86. The first kappa shape index (κ1) is 14.5. The SMILES string of the molecule is C[n+]1ccn(C[C@H](O)c2ccc(NS(C)(=O)=O)cc2)c1. The molecule has 2 aromatic rings. The lowest BCUT2D eigenvalue weighted by atomic mass is 10.1. The molecule has 20 heavy (non-hydrogen) atoms. The molecule has 0 spiro atoms. The van der Waals surface area contributed by atoms with Gasteiger partial charge in [-0.15, -0.1) is 0 Å². The largest absolute Gasteiger partial charge is 0.384 e. The van der Waals surface area contributed by atoms with Crippen LogP contribution in [0.15, 0.2) is 43.0 Å². The maximum atomic E-state index is 11.1. The summed E-state index contributed by atoms with van der Waals surface area (Å²) >= 11 is 0. The van der Waals surface area contributed by atoms with Gasteiger partial charge in [0.25, 0.3) is 0 Å². The van der Waals surface area contributed by atoms with Crippen molar-refractivity contribution in [1.29, 1.82) is 0 Å². The van der Waals surface area contributed by atoms with E-state index in [4.69, 9.17) is 0 Å². The first-order chi connectivity index (χ1) is 9.33. The number of nitrogens with one attached hydrogen (secondary N) is 1. The lowest BCUT2D eigenvalue weighted by Gasteiger charge is -2.10. The van der Waals surface area contributed by atoms with Gasteiger partial charge in [0.15, 0.2) is 0 Å². The second-order valence-corrected chi connectivity index (χ2v) is 6.54. The summed E-state index contributed by atoms with van der Waals surface area (Å²) in [4.78, 5) is 0. The van der Waals surface area contributed by atoms with E-state index in [0.29, 0.717) is 12.2 Å². The Bertz CT molecular complexity index is 677. The fraction of sp³-hybridized carbons (Fsp3) is 0.308. The van der Waals surface area contributed by atoms with Crippen molar-refractivity contribution in [1.82, 2.24) is 4.57 Å². The molecule has 1 aromatic carbocycles. The van der Waals surface area contributed by atoms with Gasteiger partial charge in [0.05, 0.1) is 13.3 Å². The zero-order valence-electron chi connectivity index (χ0n) is 11.4. The van der Waals surface area contributed by atoms with Gasteiger partial charge in [0.2, 0.25) is 16.4 Å². The third-order valence-corrected chi connectivity index (χ3v) is 3.41. The van der Waals surface area contributed by atoms with Gasteiger partial charge in [-0.2, -0.15) is 0 Å². The van der Waals surface area contributed by atoms with E-state index in [-0.39, 0.29) is 0 Å². The molecule has 0 fully saturated rings. The molecule has 2 N–H and O–H groups in total. The summed E-state index contributed by atoms with van der Waals surface area (Å²) in [6, 6.07) is 6.69. The zero-order chi connectivity index (χ0) is 14.8. The molecule has 6 nitrogen and oxygen atoms in total. The molecule has 0 aliphatic heterocycles. The Morgan fingerprint density at radius 2 is 2.00 bits per heavy atom. The van der Waals surface area contributed by atoms with Crippen LogP contribution >= 0.6 is 0 Å². The monoisotopic (exact) mass is 296 g/mol. The third kappa shape index (κ3) is 4.07. The average Bonchev–Trinajstić information content (AvgIpc) is 2.73. The van der Waals surface area contributed by atoms with Gasteiger partial charge in [0, 0.05) is 5.69 Å². The average molecular weight is 296 g/mol. The van der Waals surface area contributed by atoms with Crippen LogP contribution in [0.3, 0.4) is 0 Å². The minimum absolute atomic E-state index is 0.444. The maximum Gasteiger partial charge on any atom is 0.243 e. The summed E-state index contributed by atoms with van der Waals surface area (Å²) in [5.41, 5.74) is 1.22. The number of aliphatic hydroxyl groups excluding tert-OH is 1. The van der Waals surface area contributed by atoms with Crippen molar-refractivity contribution in [3.63, 3.8) is 0 Å². The highest BCUT2D eigenvalue weighted by Gasteiger charge is 2.12. The molecule has 0 bridgehead atoms. The number of benzene rings is 1. The van der Waals surface area contributed by atoms with Crippen LogP contribution < -0.4 is 9.29 Å². The van der Waals surface area contributed by atoms with E-state index < -0.39 is 16.1 Å². The van der Waals surface area contributed by atoms with Crippen molar-refractivity contribution < 1.29 is 18.1 Å². The van der Waals surface area contributed by atoms with Crippen LogP contribution in [-0.4, -0.2) is 24.3 Å². The standard InChI is InChI=1S/C13H18N3O3S/c1-15-7-8-16(10-15)9-13(17)11-3-5-12(6-4-11)14-20(2,18)19/h3-8,10,13-14,17H,9H2,1-2H3/q+1/t13-/m0/s1. The van der Waals surface area contributed by atoms with Crippen LogP contribution in [0.2, 0.25) is 0 Å². The Balaban J connectivity index is 2.05. The number of nitrogens with zero attached hydrogens (tertiary/aromatic N) is 2. The zero-order valence-corrected chi connectivity index (χ0v) is 12.2. The molecule has 0 radical (unpaired) electrons. The second kappa shape index (κ2) is 5.64.